The first-order valence-electron chi connectivity index (χ1n) is 6.54. The number of likely N-dealkylation sites (N-methyl/N-ethyl adjacent to an activating group) is 2. The molecule has 0 saturated heterocycles. The SMILES string of the molecule is CN(CC1(N(C)C)CCC1)C(=O)Cc1csc(N)n1. The number of carbonyl (C=O) groups excluding carboxylic acids is 1. The number of nitrogens with two attached hydrogens (primary N) is 1. The van der Waals surface area contributed by atoms with Crippen molar-refractivity contribution in [2.24, 2.45) is 0 Å². The van der Waals surface area contributed by atoms with Crippen LogP contribution in [0.1, 0.15) is 25.0 Å². The van der Waals surface area contributed by atoms with Gasteiger partial charge in [0.2, 0.25) is 5.91 Å². The van der Waals surface area contributed by atoms with Crippen LogP contribution >= 0.6 is 11.3 Å². The fourth-order valence-corrected chi connectivity index (χ4v) is 3.12. The van der Waals surface area contributed by atoms with E-state index in [1.165, 1.54) is 30.6 Å². The Morgan fingerprint density at radius 1 is 1.47 bits per heavy atom. The summed E-state index contributed by atoms with van der Waals surface area (Å²) in [5.74, 6) is 0.110. The molecule has 2 rings (SSSR count). The topological polar surface area (TPSA) is 62.5 Å². The van der Waals surface area contributed by atoms with Crippen molar-refractivity contribution in [3.63, 3.8) is 0 Å². The summed E-state index contributed by atoms with van der Waals surface area (Å²) in [6.45, 7) is 0.790. The van der Waals surface area contributed by atoms with Crippen LogP contribution in [0.15, 0.2) is 5.38 Å². The van der Waals surface area contributed by atoms with Crippen LogP contribution in [0.3, 0.4) is 0 Å². The fraction of sp³-hybridized carbons (Fsp3) is 0.692. The van der Waals surface area contributed by atoms with Crippen molar-refractivity contribution in [2.75, 3.05) is 33.4 Å². The first-order chi connectivity index (χ1) is 8.93. The Labute approximate surface area is 118 Å². The highest BCUT2D eigenvalue weighted by Gasteiger charge is 2.40. The van der Waals surface area contributed by atoms with Crippen LogP contribution in [0.4, 0.5) is 5.13 Å². The highest BCUT2D eigenvalue weighted by atomic mass is 32.1. The lowest BCUT2D eigenvalue weighted by molar-refractivity contribution is -0.132. The maximum atomic E-state index is 12.2. The summed E-state index contributed by atoms with van der Waals surface area (Å²) in [7, 11) is 6.07. The maximum Gasteiger partial charge on any atom is 0.228 e. The molecule has 1 aromatic rings. The van der Waals surface area contributed by atoms with Crippen LogP contribution < -0.4 is 5.73 Å². The molecule has 0 spiro atoms. The zero-order chi connectivity index (χ0) is 14.0. The number of rotatable bonds is 5. The van der Waals surface area contributed by atoms with Crippen LogP contribution in [-0.2, 0) is 11.2 Å². The molecule has 0 bridgehead atoms. The van der Waals surface area contributed by atoms with E-state index in [1.54, 1.807) is 0 Å². The van der Waals surface area contributed by atoms with Gasteiger partial charge in [-0.1, -0.05) is 0 Å². The van der Waals surface area contributed by atoms with E-state index in [0.29, 0.717) is 11.6 Å². The second kappa shape index (κ2) is 5.46. The van der Waals surface area contributed by atoms with Crippen molar-refractivity contribution in [1.82, 2.24) is 14.8 Å². The van der Waals surface area contributed by atoms with E-state index in [9.17, 15) is 4.79 Å². The van der Waals surface area contributed by atoms with E-state index >= 15 is 0 Å². The summed E-state index contributed by atoms with van der Waals surface area (Å²) in [5, 5.41) is 2.38. The lowest BCUT2D eigenvalue weighted by Crippen LogP contribution is -2.57. The third-order valence-corrected chi connectivity index (χ3v) is 4.81. The average molecular weight is 282 g/mol. The summed E-state index contributed by atoms with van der Waals surface area (Å²) in [6.07, 6.45) is 3.93. The van der Waals surface area contributed by atoms with Crippen molar-refractivity contribution in [3.05, 3.63) is 11.1 Å². The molecule has 1 aliphatic carbocycles. The van der Waals surface area contributed by atoms with Gasteiger partial charge in [0.05, 0.1) is 12.1 Å². The molecule has 1 aromatic heterocycles. The van der Waals surface area contributed by atoms with Gasteiger partial charge in [0.25, 0.3) is 0 Å². The molecule has 0 radical (unpaired) electrons. The van der Waals surface area contributed by atoms with Gasteiger partial charge >= 0.3 is 0 Å². The first kappa shape index (κ1) is 14.3. The largest absolute Gasteiger partial charge is 0.375 e. The van der Waals surface area contributed by atoms with Gasteiger partial charge in [0.1, 0.15) is 0 Å². The van der Waals surface area contributed by atoms with E-state index in [1.807, 2.05) is 17.3 Å². The van der Waals surface area contributed by atoms with Gasteiger partial charge < -0.3 is 15.5 Å². The van der Waals surface area contributed by atoms with Gasteiger partial charge in [-0.3, -0.25) is 4.79 Å². The van der Waals surface area contributed by atoms with Gasteiger partial charge in [-0.2, -0.15) is 0 Å². The molecule has 2 N–H and O–H groups in total. The Kier molecular flexibility index (Phi) is 4.10. The quantitative estimate of drug-likeness (QED) is 0.882. The number of nitrogen functional groups attached to an aromatic ring is 1. The molecule has 1 fully saturated rings. The molecule has 0 aliphatic heterocycles. The monoisotopic (exact) mass is 282 g/mol. The highest BCUT2D eigenvalue weighted by Crippen LogP contribution is 2.36. The Morgan fingerprint density at radius 3 is 2.58 bits per heavy atom. The lowest BCUT2D eigenvalue weighted by Gasteiger charge is -2.49. The molecule has 0 atom stereocenters. The average Bonchev–Trinajstić information content (AvgIpc) is 2.68. The van der Waals surface area contributed by atoms with Gasteiger partial charge in [0.15, 0.2) is 5.13 Å². The van der Waals surface area contributed by atoms with Crippen LogP contribution in [0, 0.1) is 0 Å². The van der Waals surface area contributed by atoms with Gasteiger partial charge in [-0.05, 0) is 33.4 Å². The second-order valence-electron chi connectivity index (χ2n) is 5.58. The molecule has 1 amide bonds. The Hall–Kier alpha value is -1.14. The third kappa shape index (κ3) is 3.06. The van der Waals surface area contributed by atoms with Crippen molar-refractivity contribution in [2.45, 2.75) is 31.2 Å². The molecule has 1 heterocycles. The van der Waals surface area contributed by atoms with E-state index in [0.717, 1.165) is 12.2 Å². The van der Waals surface area contributed by atoms with Crippen LogP contribution in [-0.4, -0.2) is 53.9 Å². The number of nitrogens with zero attached hydrogens (tertiary/aromatic N) is 3. The van der Waals surface area contributed by atoms with E-state index in [4.69, 9.17) is 5.73 Å². The van der Waals surface area contributed by atoms with E-state index in [-0.39, 0.29) is 11.4 Å². The summed E-state index contributed by atoms with van der Waals surface area (Å²) in [4.78, 5) is 20.4. The van der Waals surface area contributed by atoms with E-state index in [2.05, 4.69) is 24.0 Å². The van der Waals surface area contributed by atoms with Crippen molar-refractivity contribution in [1.29, 1.82) is 0 Å². The number of aromatic nitrogens is 1. The predicted octanol–water partition coefficient (Wildman–Crippen LogP) is 1.21. The number of hydrogen-bond acceptors (Lipinski definition) is 5. The summed E-state index contributed by atoms with van der Waals surface area (Å²) in [5.41, 5.74) is 6.52. The standard InChI is InChI=1S/C13H22N4OS/c1-16(2)13(5-4-6-13)9-17(3)11(18)7-10-8-19-12(14)15-10/h8H,4-7,9H2,1-3H3,(H2,14,15). The minimum Gasteiger partial charge on any atom is -0.375 e. The zero-order valence-corrected chi connectivity index (χ0v) is 12.7. The first-order valence-corrected chi connectivity index (χ1v) is 7.42. The fourth-order valence-electron chi connectivity index (χ4n) is 2.56. The molecule has 0 unspecified atom stereocenters. The molecule has 19 heavy (non-hydrogen) atoms. The number of carbonyl (C=O) groups is 1. The van der Waals surface area contributed by atoms with Crippen molar-refractivity contribution < 1.29 is 4.79 Å². The molecule has 5 nitrogen and oxygen atoms in total. The minimum absolute atomic E-state index is 0.110. The molecule has 6 heteroatoms. The summed E-state index contributed by atoms with van der Waals surface area (Å²) in [6, 6.07) is 0. The number of thiazole rings is 1. The molecule has 106 valence electrons. The van der Waals surface area contributed by atoms with Gasteiger partial charge in [-0.15, -0.1) is 11.3 Å². The second-order valence-corrected chi connectivity index (χ2v) is 6.47. The van der Waals surface area contributed by atoms with E-state index < -0.39 is 0 Å². The molecule has 1 saturated carbocycles. The lowest BCUT2D eigenvalue weighted by atomic mass is 9.75. The Balaban J connectivity index is 1.92. The number of hydrogen-bond donors (Lipinski definition) is 1. The predicted molar refractivity (Wildman–Crippen MR) is 78.1 cm³/mol. The normalized spacial score (nSPS) is 17.3. The summed E-state index contributed by atoms with van der Waals surface area (Å²) >= 11 is 1.38. The van der Waals surface area contributed by atoms with Crippen molar-refractivity contribution >= 4 is 22.4 Å². The Bertz CT molecular complexity index is 453. The van der Waals surface area contributed by atoms with Crippen LogP contribution in [0.2, 0.25) is 0 Å². The third-order valence-electron chi connectivity index (χ3n) is 4.09. The molecular weight excluding hydrogens is 260 g/mol. The minimum atomic E-state index is 0.110. The Morgan fingerprint density at radius 2 is 2.16 bits per heavy atom. The number of anilines is 1. The van der Waals surface area contributed by atoms with Gasteiger partial charge in [0, 0.05) is 24.5 Å². The number of amides is 1. The smallest absolute Gasteiger partial charge is 0.228 e. The van der Waals surface area contributed by atoms with Crippen molar-refractivity contribution in [3.8, 4) is 0 Å². The maximum absolute atomic E-state index is 12.2. The molecule has 1 aliphatic rings. The molecular formula is C13H22N4OS. The van der Waals surface area contributed by atoms with Crippen LogP contribution in [0.5, 0.6) is 0 Å². The summed E-state index contributed by atoms with van der Waals surface area (Å²) < 4.78 is 0. The molecule has 0 aromatic carbocycles. The van der Waals surface area contributed by atoms with Gasteiger partial charge in [-0.25, -0.2) is 4.98 Å². The highest BCUT2D eigenvalue weighted by molar-refractivity contribution is 7.13. The zero-order valence-electron chi connectivity index (χ0n) is 11.8. The van der Waals surface area contributed by atoms with Crippen LogP contribution in [0.25, 0.3) is 0 Å².